The van der Waals surface area contributed by atoms with E-state index in [1.165, 1.54) is 6.20 Å². The maximum Gasteiger partial charge on any atom is 0.254 e. The molecule has 0 unspecified atom stereocenters. The van der Waals surface area contributed by atoms with Crippen molar-refractivity contribution in [3.05, 3.63) is 35.0 Å². The fourth-order valence-corrected chi connectivity index (χ4v) is 4.53. The average molecular weight is 577 g/mol. The van der Waals surface area contributed by atoms with Gasteiger partial charge in [0.25, 0.3) is 5.91 Å². The number of unbranched alkanes of at least 4 members (excludes halogenated alkanes) is 3. The fraction of sp³-hybridized carbons (Fsp3) is 0.571. The van der Waals surface area contributed by atoms with Crippen molar-refractivity contribution in [1.82, 2.24) is 19.8 Å². The number of nitrogens with zero attached hydrogens (tertiary/aromatic N) is 4. The van der Waals surface area contributed by atoms with Crippen LogP contribution in [-0.4, -0.2) is 98.3 Å². The molecule has 3 rings (SSSR count). The number of piperazine rings is 1. The lowest BCUT2D eigenvalue weighted by atomic mass is 10.1. The fourth-order valence-electron chi connectivity index (χ4n) is 4.35. The van der Waals surface area contributed by atoms with E-state index in [-0.39, 0.29) is 11.8 Å². The molecule has 0 radical (unpaired) electrons. The second kappa shape index (κ2) is 16.8. The molecule has 12 heteroatoms. The lowest BCUT2D eigenvalue weighted by molar-refractivity contribution is -0.132. The second-order valence-electron chi connectivity index (χ2n) is 9.33. The van der Waals surface area contributed by atoms with E-state index in [4.69, 9.17) is 25.8 Å². The molecule has 1 fully saturated rings. The van der Waals surface area contributed by atoms with Crippen LogP contribution in [0.3, 0.4) is 0 Å². The number of halogens is 1. The van der Waals surface area contributed by atoms with Crippen LogP contribution in [0.5, 0.6) is 5.75 Å². The van der Waals surface area contributed by atoms with Gasteiger partial charge in [-0.05, 0) is 38.0 Å². The molecule has 2 N–H and O–H groups in total. The number of amides is 2. The lowest BCUT2D eigenvalue weighted by Crippen LogP contribution is -2.50. The summed E-state index contributed by atoms with van der Waals surface area (Å²) in [5, 5.41) is 6.42. The molecule has 1 aromatic carbocycles. The van der Waals surface area contributed by atoms with Gasteiger partial charge in [-0.3, -0.25) is 9.59 Å². The van der Waals surface area contributed by atoms with E-state index in [0.717, 1.165) is 32.3 Å². The van der Waals surface area contributed by atoms with Crippen LogP contribution in [0.25, 0.3) is 0 Å². The van der Waals surface area contributed by atoms with Crippen molar-refractivity contribution in [2.24, 2.45) is 0 Å². The highest BCUT2D eigenvalue weighted by Gasteiger charge is 2.25. The van der Waals surface area contributed by atoms with Crippen molar-refractivity contribution in [3.63, 3.8) is 0 Å². The van der Waals surface area contributed by atoms with Crippen LogP contribution in [0.15, 0.2) is 24.4 Å². The Morgan fingerprint density at radius 3 is 2.45 bits per heavy atom. The third-order valence-corrected chi connectivity index (χ3v) is 6.88. The molecule has 0 bridgehead atoms. The number of aromatic nitrogens is 2. The maximum atomic E-state index is 13.2. The minimum Gasteiger partial charge on any atom is -0.495 e. The Kier molecular flexibility index (Phi) is 13.2. The number of ether oxygens (including phenoxy) is 3. The maximum absolute atomic E-state index is 13.2. The second-order valence-corrected chi connectivity index (χ2v) is 9.73. The molecule has 220 valence electrons. The third kappa shape index (κ3) is 9.50. The largest absolute Gasteiger partial charge is 0.495 e. The van der Waals surface area contributed by atoms with E-state index in [9.17, 15) is 9.59 Å². The van der Waals surface area contributed by atoms with Crippen molar-refractivity contribution in [3.8, 4) is 5.75 Å². The average Bonchev–Trinajstić information content (AvgIpc) is 2.98. The molecule has 1 aliphatic heterocycles. The summed E-state index contributed by atoms with van der Waals surface area (Å²) in [7, 11) is 3.26. The highest BCUT2D eigenvalue weighted by Crippen LogP contribution is 2.29. The van der Waals surface area contributed by atoms with Crippen LogP contribution < -0.4 is 15.4 Å². The third-order valence-electron chi connectivity index (χ3n) is 6.60. The molecule has 1 aromatic heterocycles. The number of anilines is 3. The summed E-state index contributed by atoms with van der Waals surface area (Å²) in [6.45, 7) is 6.76. The number of carbonyl (C=O) groups is 2. The molecule has 2 amide bonds. The predicted molar refractivity (Wildman–Crippen MR) is 156 cm³/mol. The van der Waals surface area contributed by atoms with Crippen LogP contribution in [0.2, 0.25) is 5.02 Å². The van der Waals surface area contributed by atoms with E-state index < -0.39 is 0 Å². The van der Waals surface area contributed by atoms with Gasteiger partial charge in [-0.25, -0.2) is 4.98 Å². The molecule has 0 atom stereocenters. The number of hydrogen-bond acceptors (Lipinski definition) is 9. The van der Waals surface area contributed by atoms with Gasteiger partial charge in [-0.2, -0.15) is 4.98 Å². The van der Waals surface area contributed by atoms with Gasteiger partial charge in [-0.15, -0.1) is 0 Å². The van der Waals surface area contributed by atoms with Crippen molar-refractivity contribution in [2.75, 3.05) is 77.4 Å². The SMILES string of the molecule is CCOCCOCCCCCCC(=O)N1CCN(C(=O)c2ccc(Nc3ncc(Cl)c(NC)n3)c(OC)c2)CC1. The highest BCUT2D eigenvalue weighted by atomic mass is 35.5. The van der Waals surface area contributed by atoms with Crippen LogP contribution in [0.4, 0.5) is 17.5 Å². The Morgan fingerprint density at radius 2 is 1.73 bits per heavy atom. The van der Waals surface area contributed by atoms with E-state index in [1.807, 2.05) is 11.8 Å². The first-order chi connectivity index (χ1) is 19.5. The smallest absolute Gasteiger partial charge is 0.254 e. The molecule has 0 saturated carbocycles. The summed E-state index contributed by atoms with van der Waals surface area (Å²) in [5.41, 5.74) is 1.13. The number of carbonyl (C=O) groups excluding carboxylic acids is 2. The first-order valence-corrected chi connectivity index (χ1v) is 14.2. The summed E-state index contributed by atoms with van der Waals surface area (Å²) in [6.07, 6.45) is 5.96. The summed E-state index contributed by atoms with van der Waals surface area (Å²) in [4.78, 5) is 38.0. The zero-order chi connectivity index (χ0) is 28.7. The minimum absolute atomic E-state index is 0.0966. The van der Waals surface area contributed by atoms with Gasteiger partial charge in [0.05, 0.1) is 32.2 Å². The van der Waals surface area contributed by atoms with Gasteiger partial charge < -0.3 is 34.6 Å². The standard InChI is InChI=1S/C28H41ClN6O5/c1-4-39-17-18-40-16-8-6-5-7-9-25(36)34-12-14-35(15-13-34)27(37)21-10-11-23(24(19-21)38-3)32-28-31-20-22(29)26(30-2)33-28/h10-11,19-20H,4-9,12-18H2,1-3H3,(H2,30,31,32,33). The molecule has 0 spiro atoms. The van der Waals surface area contributed by atoms with E-state index in [2.05, 4.69) is 20.6 Å². The Bertz CT molecular complexity index is 1100. The van der Waals surface area contributed by atoms with Gasteiger partial charge in [0.2, 0.25) is 11.9 Å². The van der Waals surface area contributed by atoms with Crippen LogP contribution in [0.1, 0.15) is 49.4 Å². The molecule has 40 heavy (non-hydrogen) atoms. The summed E-state index contributed by atoms with van der Waals surface area (Å²) in [6, 6.07) is 5.20. The van der Waals surface area contributed by atoms with Crippen molar-refractivity contribution < 1.29 is 23.8 Å². The zero-order valence-electron chi connectivity index (χ0n) is 23.7. The lowest BCUT2D eigenvalue weighted by Gasteiger charge is -2.35. The van der Waals surface area contributed by atoms with Crippen molar-refractivity contribution >= 4 is 40.9 Å². The molecule has 1 aliphatic rings. The summed E-state index contributed by atoms with van der Waals surface area (Å²) < 4.78 is 16.3. The van der Waals surface area contributed by atoms with Crippen LogP contribution in [-0.2, 0) is 14.3 Å². The van der Waals surface area contributed by atoms with Crippen LogP contribution in [0, 0.1) is 0 Å². The quantitative estimate of drug-likeness (QED) is 0.283. The first-order valence-electron chi connectivity index (χ1n) is 13.8. The van der Waals surface area contributed by atoms with E-state index in [1.54, 1.807) is 37.3 Å². The van der Waals surface area contributed by atoms with Gasteiger partial charge in [-0.1, -0.05) is 24.4 Å². The van der Waals surface area contributed by atoms with Gasteiger partial charge in [0.1, 0.15) is 16.6 Å². The topological polar surface area (TPSA) is 118 Å². The monoisotopic (exact) mass is 576 g/mol. The number of hydrogen-bond donors (Lipinski definition) is 2. The Hall–Kier alpha value is -3.15. The summed E-state index contributed by atoms with van der Waals surface area (Å²) in [5.74, 6) is 1.39. The number of benzene rings is 1. The van der Waals surface area contributed by atoms with Gasteiger partial charge in [0.15, 0.2) is 0 Å². The normalized spacial score (nSPS) is 13.3. The summed E-state index contributed by atoms with van der Waals surface area (Å²) >= 11 is 6.06. The van der Waals surface area contributed by atoms with Crippen LogP contribution >= 0.6 is 11.6 Å². The number of methoxy groups -OCH3 is 1. The van der Waals surface area contributed by atoms with E-state index >= 15 is 0 Å². The minimum atomic E-state index is -0.0966. The van der Waals surface area contributed by atoms with Gasteiger partial charge in [0, 0.05) is 58.4 Å². The molecular weight excluding hydrogens is 536 g/mol. The highest BCUT2D eigenvalue weighted by molar-refractivity contribution is 6.32. The Balaban J connectivity index is 1.41. The van der Waals surface area contributed by atoms with Crippen molar-refractivity contribution in [2.45, 2.75) is 39.0 Å². The molecular formula is C28H41ClN6O5. The molecule has 2 aromatic rings. The Labute approximate surface area is 241 Å². The number of nitrogens with one attached hydrogen (secondary N) is 2. The molecule has 1 saturated heterocycles. The van der Waals surface area contributed by atoms with Gasteiger partial charge >= 0.3 is 0 Å². The Morgan fingerprint density at radius 1 is 1.00 bits per heavy atom. The molecule has 11 nitrogen and oxygen atoms in total. The van der Waals surface area contributed by atoms with Crippen molar-refractivity contribution in [1.29, 1.82) is 0 Å². The first kappa shape index (κ1) is 31.4. The zero-order valence-corrected chi connectivity index (χ0v) is 24.5. The molecule has 0 aliphatic carbocycles. The number of rotatable bonds is 16. The van der Waals surface area contributed by atoms with E-state index in [0.29, 0.717) is 86.2 Å². The molecule has 2 heterocycles. The predicted octanol–water partition coefficient (Wildman–Crippen LogP) is 4.21.